The van der Waals surface area contributed by atoms with Crippen LogP contribution in [0.15, 0.2) is 31.0 Å². The number of halogens is 2. The van der Waals surface area contributed by atoms with E-state index in [-0.39, 0.29) is 23.2 Å². The first kappa shape index (κ1) is 28.0. The van der Waals surface area contributed by atoms with Crippen molar-refractivity contribution in [1.29, 1.82) is 0 Å². The van der Waals surface area contributed by atoms with Gasteiger partial charge in [-0.2, -0.15) is 0 Å². The highest BCUT2D eigenvalue weighted by Crippen LogP contribution is 2.47. The van der Waals surface area contributed by atoms with Crippen molar-refractivity contribution in [3.05, 3.63) is 41.0 Å². The normalized spacial score (nSPS) is 21.2. The molecule has 3 aliphatic rings. The molecule has 12 heteroatoms. The van der Waals surface area contributed by atoms with Gasteiger partial charge in [-0.1, -0.05) is 29.8 Å². The molecule has 2 aromatic heterocycles. The predicted molar refractivity (Wildman–Crippen MR) is 158 cm³/mol. The van der Waals surface area contributed by atoms with Crippen LogP contribution in [0.2, 0.25) is 10.0 Å². The lowest BCUT2D eigenvalue weighted by molar-refractivity contribution is -0.127. The van der Waals surface area contributed by atoms with Crippen LogP contribution < -0.4 is 19.7 Å². The Balaban J connectivity index is 1.41. The summed E-state index contributed by atoms with van der Waals surface area (Å²) in [5, 5.41) is 4.91. The van der Waals surface area contributed by atoms with Crippen LogP contribution in [0.4, 0.5) is 11.6 Å². The highest BCUT2D eigenvalue weighted by atomic mass is 35.5. The largest absolute Gasteiger partial charge is 0.495 e. The van der Waals surface area contributed by atoms with Crippen molar-refractivity contribution in [3.8, 4) is 22.9 Å². The van der Waals surface area contributed by atoms with Crippen LogP contribution in [0.5, 0.6) is 11.5 Å². The highest BCUT2D eigenvalue weighted by molar-refractivity contribution is 6.41. The van der Waals surface area contributed by atoms with Gasteiger partial charge in [0.25, 0.3) is 0 Å². The Hall–Kier alpha value is -3.18. The zero-order valence-electron chi connectivity index (χ0n) is 22.9. The molecule has 5 heterocycles. The number of hydrogen-bond acceptors (Lipinski definition) is 10. The third-order valence-corrected chi connectivity index (χ3v) is 8.80. The Labute approximate surface area is 247 Å². The highest BCUT2D eigenvalue weighted by Gasteiger charge is 2.50. The zero-order valence-corrected chi connectivity index (χ0v) is 24.4. The van der Waals surface area contributed by atoms with E-state index in [2.05, 4.69) is 21.8 Å². The summed E-state index contributed by atoms with van der Waals surface area (Å²) >= 11 is 13.5. The Morgan fingerprint density at radius 2 is 1.90 bits per heavy atom. The number of allylic oxidation sites excluding steroid dienone is 1. The van der Waals surface area contributed by atoms with E-state index in [0.29, 0.717) is 63.9 Å². The van der Waals surface area contributed by atoms with Gasteiger partial charge in [0.2, 0.25) is 0 Å². The van der Waals surface area contributed by atoms with Gasteiger partial charge in [-0.05, 0) is 24.5 Å². The number of nitrogens with zero attached hydrogens (tertiary/aromatic N) is 4. The molecule has 10 nitrogen and oxygen atoms in total. The quantitative estimate of drug-likeness (QED) is 0.344. The molecule has 3 saturated heterocycles. The van der Waals surface area contributed by atoms with Gasteiger partial charge in [-0.25, -0.2) is 15.0 Å². The first-order chi connectivity index (χ1) is 19.8. The number of benzene rings is 1. The number of ether oxygens (including phenoxy) is 4. The van der Waals surface area contributed by atoms with Crippen molar-refractivity contribution in [3.63, 3.8) is 0 Å². The number of pyridine rings is 1. The van der Waals surface area contributed by atoms with Crippen LogP contribution in [0.1, 0.15) is 12.8 Å². The topological polar surface area (TPSA) is 108 Å². The van der Waals surface area contributed by atoms with Crippen LogP contribution in [0.3, 0.4) is 0 Å². The Kier molecular flexibility index (Phi) is 7.67. The van der Waals surface area contributed by atoms with Crippen molar-refractivity contribution in [2.45, 2.75) is 18.9 Å². The van der Waals surface area contributed by atoms with Crippen molar-refractivity contribution in [1.82, 2.24) is 15.0 Å². The van der Waals surface area contributed by atoms with E-state index in [1.165, 1.54) is 20.3 Å². The van der Waals surface area contributed by atoms with Crippen molar-refractivity contribution >= 4 is 51.5 Å². The molecule has 216 valence electrons. The van der Waals surface area contributed by atoms with E-state index in [1.54, 1.807) is 12.3 Å². The molecular weight excluding hydrogens is 569 g/mol. The smallest absolute Gasteiger partial charge is 0.165 e. The lowest BCUT2D eigenvalue weighted by atomic mass is 9.78. The number of aromatic nitrogens is 3. The van der Waals surface area contributed by atoms with Gasteiger partial charge in [0.05, 0.1) is 72.8 Å². The molecule has 0 radical (unpaired) electrons. The number of rotatable bonds is 9. The first-order valence-electron chi connectivity index (χ1n) is 13.4. The van der Waals surface area contributed by atoms with Gasteiger partial charge in [-0.15, -0.1) is 0 Å². The fourth-order valence-corrected chi connectivity index (χ4v) is 6.40. The van der Waals surface area contributed by atoms with E-state index < -0.39 is 0 Å². The number of carbonyl (C=O) groups excluding carboxylic acids is 1. The molecule has 6 rings (SSSR count). The van der Waals surface area contributed by atoms with Crippen LogP contribution in [0.25, 0.3) is 22.3 Å². The standard InChI is InChI=1S/C29H31Cl2N5O5/c1-4-17(37)7-16-5-6-40-11-20(16)33-23-8-18-19(10-32-23)34-27(35-28(18)36-12-29(13-36)14-41-15-29)24-25(30)21(38-2)9-22(39-3)26(24)31/h4,8-10,16,20H,1,5-7,11-15H2,2-3H3,(H,32,33)/t16-,20-/m1/s1. The van der Waals surface area contributed by atoms with Gasteiger partial charge in [0, 0.05) is 37.6 Å². The van der Waals surface area contributed by atoms with Gasteiger partial charge < -0.3 is 29.2 Å². The number of nitrogens with one attached hydrogen (secondary N) is 1. The lowest BCUT2D eigenvalue weighted by Crippen LogP contribution is -2.66. The molecule has 3 fully saturated rings. The average Bonchev–Trinajstić information content (AvgIpc) is 2.93. The third kappa shape index (κ3) is 5.18. The molecule has 1 spiro atoms. The minimum Gasteiger partial charge on any atom is -0.495 e. The number of fused-ring (bicyclic) bond motifs is 1. The number of methoxy groups -OCH3 is 2. The molecule has 2 atom stereocenters. The molecule has 0 bridgehead atoms. The number of ketones is 1. The van der Waals surface area contributed by atoms with Crippen LogP contribution in [-0.2, 0) is 14.3 Å². The van der Waals surface area contributed by atoms with Gasteiger partial charge >= 0.3 is 0 Å². The Bertz CT molecular complexity index is 1480. The van der Waals surface area contributed by atoms with Gasteiger partial charge in [-0.3, -0.25) is 4.79 Å². The maximum atomic E-state index is 12.1. The Morgan fingerprint density at radius 1 is 1.17 bits per heavy atom. The molecule has 0 aliphatic carbocycles. The maximum absolute atomic E-state index is 12.1. The molecule has 3 aliphatic heterocycles. The lowest BCUT2D eigenvalue weighted by Gasteiger charge is -2.55. The summed E-state index contributed by atoms with van der Waals surface area (Å²) in [5.41, 5.74) is 1.21. The summed E-state index contributed by atoms with van der Waals surface area (Å²) in [6.07, 6.45) is 4.29. The molecule has 0 saturated carbocycles. The fraction of sp³-hybridized carbons (Fsp3) is 0.448. The van der Waals surface area contributed by atoms with E-state index in [4.69, 9.17) is 52.1 Å². The van der Waals surface area contributed by atoms with E-state index >= 15 is 0 Å². The van der Waals surface area contributed by atoms with Gasteiger partial charge in [0.1, 0.15) is 23.1 Å². The number of anilines is 2. The molecule has 3 aromatic rings. The average molecular weight is 601 g/mol. The van der Waals surface area contributed by atoms with E-state index in [0.717, 1.165) is 43.9 Å². The monoisotopic (exact) mass is 599 g/mol. The second kappa shape index (κ2) is 11.2. The molecule has 1 N–H and O–H groups in total. The second-order valence-corrected chi connectivity index (χ2v) is 11.6. The minimum absolute atomic E-state index is 0.0246. The SMILES string of the molecule is C=CC(=O)C[C@H]1CCOC[C@H]1Nc1cc2c(N3CC4(COC4)C3)nc(-c3c(Cl)c(OC)cc(OC)c3Cl)nc2cn1. The molecule has 41 heavy (non-hydrogen) atoms. The summed E-state index contributed by atoms with van der Waals surface area (Å²) in [6.45, 7) is 7.84. The number of carbonyl (C=O) groups is 1. The second-order valence-electron chi connectivity index (χ2n) is 10.8. The van der Waals surface area contributed by atoms with Crippen LogP contribution in [-0.4, -0.2) is 80.5 Å². The first-order valence-corrected chi connectivity index (χ1v) is 14.2. The van der Waals surface area contributed by atoms with Crippen molar-refractivity contribution in [2.75, 3.05) is 64.0 Å². The summed E-state index contributed by atoms with van der Waals surface area (Å²) in [7, 11) is 3.05. The third-order valence-electron chi connectivity index (χ3n) is 8.05. The summed E-state index contributed by atoms with van der Waals surface area (Å²) < 4.78 is 22.2. The van der Waals surface area contributed by atoms with Crippen LogP contribution in [0, 0.1) is 11.3 Å². The van der Waals surface area contributed by atoms with E-state index in [9.17, 15) is 4.79 Å². The zero-order chi connectivity index (χ0) is 28.7. The summed E-state index contributed by atoms with van der Waals surface area (Å²) in [5.74, 6) is 2.70. The molecule has 1 aromatic carbocycles. The summed E-state index contributed by atoms with van der Waals surface area (Å²) in [6, 6.07) is 3.52. The Morgan fingerprint density at radius 3 is 2.54 bits per heavy atom. The van der Waals surface area contributed by atoms with E-state index in [1.807, 2.05) is 6.07 Å². The minimum atomic E-state index is -0.0671. The maximum Gasteiger partial charge on any atom is 0.165 e. The van der Waals surface area contributed by atoms with Gasteiger partial charge in [0.15, 0.2) is 11.6 Å². The molecule has 0 unspecified atom stereocenters. The fourth-order valence-electron chi connectivity index (χ4n) is 5.73. The van der Waals surface area contributed by atoms with Crippen LogP contribution >= 0.6 is 23.2 Å². The van der Waals surface area contributed by atoms with Crippen molar-refractivity contribution in [2.24, 2.45) is 11.3 Å². The summed E-state index contributed by atoms with van der Waals surface area (Å²) in [4.78, 5) is 28.8. The predicted octanol–water partition coefficient (Wildman–Crippen LogP) is 4.81. The number of hydrogen-bond donors (Lipinski definition) is 1. The molecular formula is C29H31Cl2N5O5. The van der Waals surface area contributed by atoms with Crippen molar-refractivity contribution < 1.29 is 23.7 Å². The molecule has 0 amide bonds.